The Morgan fingerprint density at radius 1 is 1.09 bits per heavy atom. The molecule has 2 rings (SSSR count). The second kappa shape index (κ2) is 6.30. The molecule has 10 heteroatoms. The van der Waals surface area contributed by atoms with Gasteiger partial charge in [-0.15, -0.1) is 0 Å². The molecule has 2 aromatic rings. The van der Waals surface area contributed by atoms with Crippen LogP contribution >= 0.6 is 0 Å². The van der Waals surface area contributed by atoms with Gasteiger partial charge in [-0.25, -0.2) is 21.6 Å². The Morgan fingerprint density at radius 3 is 2.17 bits per heavy atom. The van der Waals surface area contributed by atoms with E-state index in [1.165, 1.54) is 37.5 Å². The van der Waals surface area contributed by atoms with Crippen molar-refractivity contribution in [3.8, 4) is 0 Å². The standard InChI is InChI=1S/C13H18N4O4S2/c1-4-17-10(2)13(9-15-17)23(20,21)16-11-5-7-12(8-6-11)22(18,19)14-3/h5-9,14,16H,4H2,1-3H3. The lowest BCUT2D eigenvalue weighted by molar-refractivity contribution is 0.588. The summed E-state index contributed by atoms with van der Waals surface area (Å²) in [6.07, 6.45) is 1.29. The second-order valence-corrected chi connectivity index (χ2v) is 8.28. The van der Waals surface area contributed by atoms with Crippen LogP contribution in [0.15, 0.2) is 40.3 Å². The molecule has 1 heterocycles. The van der Waals surface area contributed by atoms with Crippen LogP contribution in [0.3, 0.4) is 0 Å². The molecule has 0 aliphatic rings. The van der Waals surface area contributed by atoms with Crippen molar-refractivity contribution in [3.05, 3.63) is 36.2 Å². The van der Waals surface area contributed by atoms with Gasteiger partial charge in [0, 0.05) is 12.2 Å². The van der Waals surface area contributed by atoms with E-state index in [9.17, 15) is 16.8 Å². The van der Waals surface area contributed by atoms with Crippen LogP contribution < -0.4 is 9.44 Å². The highest BCUT2D eigenvalue weighted by atomic mass is 32.2. The van der Waals surface area contributed by atoms with Crippen molar-refractivity contribution in [2.75, 3.05) is 11.8 Å². The molecule has 23 heavy (non-hydrogen) atoms. The quantitative estimate of drug-likeness (QED) is 0.798. The van der Waals surface area contributed by atoms with E-state index in [-0.39, 0.29) is 15.5 Å². The third-order valence-corrected chi connectivity index (χ3v) is 6.25. The second-order valence-electron chi connectivity index (χ2n) is 4.75. The summed E-state index contributed by atoms with van der Waals surface area (Å²) in [4.78, 5) is 0.143. The van der Waals surface area contributed by atoms with Crippen molar-refractivity contribution in [1.29, 1.82) is 0 Å². The highest BCUT2D eigenvalue weighted by molar-refractivity contribution is 7.92. The normalized spacial score (nSPS) is 12.3. The minimum absolute atomic E-state index is 0.0536. The zero-order valence-electron chi connectivity index (χ0n) is 12.9. The molecule has 0 spiro atoms. The fourth-order valence-electron chi connectivity index (χ4n) is 2.04. The number of anilines is 1. The van der Waals surface area contributed by atoms with Crippen LogP contribution in [0, 0.1) is 6.92 Å². The average Bonchev–Trinajstić information content (AvgIpc) is 2.89. The summed E-state index contributed by atoms with van der Waals surface area (Å²) in [5, 5.41) is 4.01. The number of aryl methyl sites for hydroxylation is 1. The molecule has 126 valence electrons. The van der Waals surface area contributed by atoms with Crippen LogP contribution in [0.4, 0.5) is 5.69 Å². The SMILES string of the molecule is CCn1ncc(S(=O)(=O)Nc2ccc(S(=O)(=O)NC)cc2)c1C. The molecule has 1 aromatic heterocycles. The largest absolute Gasteiger partial charge is 0.280 e. The third kappa shape index (κ3) is 3.54. The first-order chi connectivity index (χ1) is 10.7. The van der Waals surface area contributed by atoms with Gasteiger partial charge >= 0.3 is 0 Å². The Bertz CT molecular complexity index is 900. The maximum Gasteiger partial charge on any atom is 0.265 e. The maximum absolute atomic E-state index is 12.4. The van der Waals surface area contributed by atoms with Crippen LogP contribution in [0.1, 0.15) is 12.6 Å². The maximum atomic E-state index is 12.4. The van der Waals surface area contributed by atoms with Crippen molar-refractivity contribution >= 4 is 25.7 Å². The van der Waals surface area contributed by atoms with E-state index in [0.29, 0.717) is 12.2 Å². The molecular formula is C13H18N4O4S2. The number of nitrogens with one attached hydrogen (secondary N) is 2. The third-order valence-electron chi connectivity index (χ3n) is 3.33. The molecule has 8 nitrogen and oxygen atoms in total. The number of benzene rings is 1. The Labute approximate surface area is 135 Å². The fraction of sp³-hybridized carbons (Fsp3) is 0.308. The molecule has 1 aromatic carbocycles. The molecule has 0 amide bonds. The molecule has 0 saturated heterocycles. The highest BCUT2D eigenvalue weighted by Gasteiger charge is 2.21. The summed E-state index contributed by atoms with van der Waals surface area (Å²) >= 11 is 0. The number of nitrogens with zero attached hydrogens (tertiary/aromatic N) is 2. The molecule has 0 radical (unpaired) electrons. The molecule has 0 unspecified atom stereocenters. The lowest BCUT2D eigenvalue weighted by Gasteiger charge is -2.09. The Kier molecular flexibility index (Phi) is 4.78. The summed E-state index contributed by atoms with van der Waals surface area (Å²) < 4.78 is 54.3. The van der Waals surface area contributed by atoms with Crippen LogP contribution in [0.2, 0.25) is 0 Å². The van der Waals surface area contributed by atoms with E-state index in [0.717, 1.165) is 0 Å². The first-order valence-corrected chi connectivity index (χ1v) is 9.76. The Hall–Kier alpha value is -1.91. The molecule has 0 fully saturated rings. The van der Waals surface area contributed by atoms with Gasteiger partial charge < -0.3 is 0 Å². The smallest absolute Gasteiger partial charge is 0.265 e. The van der Waals surface area contributed by atoms with E-state index in [4.69, 9.17) is 0 Å². The van der Waals surface area contributed by atoms with Gasteiger partial charge in [0.1, 0.15) is 4.90 Å². The van der Waals surface area contributed by atoms with Crippen molar-refractivity contribution in [2.45, 2.75) is 30.2 Å². The molecule has 0 aliphatic heterocycles. The van der Waals surface area contributed by atoms with E-state index in [2.05, 4.69) is 14.5 Å². The number of rotatable bonds is 6. The number of hydrogen-bond acceptors (Lipinski definition) is 5. The van der Waals surface area contributed by atoms with Gasteiger partial charge in [0.2, 0.25) is 10.0 Å². The van der Waals surface area contributed by atoms with Crippen molar-refractivity contribution in [2.24, 2.45) is 0 Å². The zero-order chi connectivity index (χ0) is 17.3. The number of hydrogen-bond donors (Lipinski definition) is 2. The minimum atomic E-state index is -3.79. The van der Waals surface area contributed by atoms with E-state index < -0.39 is 20.0 Å². The lowest BCUT2D eigenvalue weighted by atomic mass is 10.3. The molecule has 0 saturated carbocycles. The average molecular weight is 358 g/mol. The molecule has 2 N–H and O–H groups in total. The van der Waals surface area contributed by atoms with Crippen LogP contribution in [0.25, 0.3) is 0 Å². The van der Waals surface area contributed by atoms with Crippen molar-refractivity contribution < 1.29 is 16.8 Å². The fourth-order valence-corrected chi connectivity index (χ4v) is 4.01. The van der Waals surface area contributed by atoms with Gasteiger partial charge in [0.15, 0.2) is 0 Å². The number of sulfonamides is 2. The van der Waals surface area contributed by atoms with E-state index in [1.807, 2.05) is 6.92 Å². The van der Waals surface area contributed by atoms with E-state index >= 15 is 0 Å². The Balaban J connectivity index is 2.29. The summed E-state index contributed by atoms with van der Waals surface area (Å²) in [6.45, 7) is 4.11. The predicted molar refractivity (Wildman–Crippen MR) is 86.1 cm³/mol. The monoisotopic (exact) mass is 358 g/mol. The van der Waals surface area contributed by atoms with Crippen molar-refractivity contribution in [1.82, 2.24) is 14.5 Å². The zero-order valence-corrected chi connectivity index (χ0v) is 14.6. The van der Waals surface area contributed by atoms with Crippen LogP contribution in [0.5, 0.6) is 0 Å². The van der Waals surface area contributed by atoms with Gasteiger partial charge in [-0.3, -0.25) is 9.40 Å². The first-order valence-electron chi connectivity index (χ1n) is 6.80. The van der Waals surface area contributed by atoms with Crippen LogP contribution in [-0.4, -0.2) is 33.7 Å². The lowest BCUT2D eigenvalue weighted by Crippen LogP contribution is -2.18. The van der Waals surface area contributed by atoms with Crippen molar-refractivity contribution in [3.63, 3.8) is 0 Å². The van der Waals surface area contributed by atoms with Crippen LogP contribution in [-0.2, 0) is 26.6 Å². The van der Waals surface area contributed by atoms with Gasteiger partial charge in [0.05, 0.1) is 16.8 Å². The molecular weight excluding hydrogens is 340 g/mol. The topological polar surface area (TPSA) is 110 Å². The van der Waals surface area contributed by atoms with Gasteiger partial charge in [0.25, 0.3) is 10.0 Å². The summed E-state index contributed by atoms with van der Waals surface area (Å²) in [5.74, 6) is 0. The number of aromatic nitrogens is 2. The van der Waals surface area contributed by atoms with Gasteiger partial charge in [-0.2, -0.15) is 5.10 Å². The summed E-state index contributed by atoms with van der Waals surface area (Å²) in [6, 6.07) is 5.43. The van der Waals surface area contributed by atoms with E-state index in [1.54, 1.807) is 11.6 Å². The van der Waals surface area contributed by atoms with Gasteiger partial charge in [-0.1, -0.05) is 0 Å². The summed E-state index contributed by atoms with van der Waals surface area (Å²) in [7, 11) is -6.04. The first kappa shape index (κ1) is 17.4. The Morgan fingerprint density at radius 2 is 1.70 bits per heavy atom. The molecule has 0 atom stereocenters. The minimum Gasteiger partial charge on any atom is -0.280 e. The predicted octanol–water partition coefficient (Wildman–Crippen LogP) is 0.920. The summed E-state index contributed by atoms with van der Waals surface area (Å²) in [5.41, 5.74) is 0.804. The molecule has 0 aliphatic carbocycles. The van der Waals surface area contributed by atoms with Gasteiger partial charge in [-0.05, 0) is 45.2 Å². The highest BCUT2D eigenvalue weighted by Crippen LogP contribution is 2.20. The molecule has 0 bridgehead atoms.